The minimum atomic E-state index is -2.21. The minimum absolute atomic E-state index is 0.0288. The van der Waals surface area contributed by atoms with Crippen molar-refractivity contribution in [2.75, 3.05) is 13.1 Å². The van der Waals surface area contributed by atoms with Crippen LogP contribution in [0, 0.1) is 11.8 Å². The lowest BCUT2D eigenvalue weighted by molar-refractivity contribution is -0.158. The fourth-order valence-corrected chi connectivity index (χ4v) is 6.55. The number of Topliss-reactive ketones (excluding diaryl/α,β-unsaturated/α-hetero) is 1. The number of nitrogens with zero attached hydrogens (tertiary/aromatic N) is 2. The van der Waals surface area contributed by atoms with Crippen LogP contribution < -0.4 is 10.7 Å². The molecule has 1 aromatic heterocycles. The van der Waals surface area contributed by atoms with E-state index in [9.17, 15) is 24.3 Å². The van der Waals surface area contributed by atoms with Gasteiger partial charge in [-0.05, 0) is 31.8 Å². The van der Waals surface area contributed by atoms with Crippen LogP contribution in [0.3, 0.4) is 0 Å². The van der Waals surface area contributed by atoms with Crippen molar-refractivity contribution in [2.24, 2.45) is 11.8 Å². The van der Waals surface area contributed by atoms with Gasteiger partial charge in [0.2, 0.25) is 11.8 Å². The van der Waals surface area contributed by atoms with Crippen molar-refractivity contribution >= 4 is 37.0 Å². The predicted molar refractivity (Wildman–Crippen MR) is 162 cm³/mol. The summed E-state index contributed by atoms with van der Waals surface area (Å²) in [7, 11) is -2.21. The van der Waals surface area contributed by atoms with Gasteiger partial charge in [0.15, 0.2) is 5.69 Å². The monoisotopic (exact) mass is 599 g/mol. The maximum Gasteiger partial charge on any atom is 0.329 e. The number of aliphatic hydroxyl groups excluding tert-OH is 1. The van der Waals surface area contributed by atoms with Crippen LogP contribution in [0.5, 0.6) is 0 Å². The summed E-state index contributed by atoms with van der Waals surface area (Å²) in [4.78, 5) is 58.4. The van der Waals surface area contributed by atoms with E-state index in [0.29, 0.717) is 24.8 Å². The Hall–Kier alpha value is -3.31. The molecular formula is C31H45N3O7Si. The number of ether oxygens (including phenoxy) is 1. The maximum atomic E-state index is 13.9. The molecule has 2 bridgehead atoms. The number of hydrogen-bond acceptors (Lipinski definition) is 8. The average Bonchev–Trinajstić information content (AvgIpc) is 3.54. The van der Waals surface area contributed by atoms with Crippen LogP contribution in [0.2, 0.25) is 19.6 Å². The second-order valence-corrected chi connectivity index (χ2v) is 17.6. The number of nitrogens with one attached hydrogen (secondary N) is 1. The number of allylic oxidation sites excluding steroid dienone is 2. The van der Waals surface area contributed by atoms with E-state index >= 15 is 0 Å². The number of carbonyl (C=O) groups is 4. The largest absolute Gasteiger partial charge is 0.460 e. The van der Waals surface area contributed by atoms with Crippen LogP contribution >= 0.6 is 0 Å². The molecule has 2 N–H and O–H groups in total. The van der Waals surface area contributed by atoms with Gasteiger partial charge in [0, 0.05) is 25.4 Å². The van der Waals surface area contributed by atoms with E-state index in [0.717, 1.165) is 5.57 Å². The van der Waals surface area contributed by atoms with E-state index in [2.05, 4.69) is 10.3 Å². The van der Waals surface area contributed by atoms with E-state index in [1.165, 1.54) is 11.0 Å². The lowest BCUT2D eigenvalue weighted by atomic mass is 9.94. The van der Waals surface area contributed by atoms with E-state index < -0.39 is 38.2 Å². The zero-order valence-corrected chi connectivity index (χ0v) is 26.8. The summed E-state index contributed by atoms with van der Waals surface area (Å²) in [6.45, 7) is 14.3. The summed E-state index contributed by atoms with van der Waals surface area (Å²) in [5, 5.41) is 13.7. The van der Waals surface area contributed by atoms with Gasteiger partial charge in [0.05, 0.1) is 12.5 Å². The van der Waals surface area contributed by atoms with E-state index in [1.54, 1.807) is 31.2 Å². The molecule has 0 spiro atoms. The van der Waals surface area contributed by atoms with Gasteiger partial charge in [0.1, 0.15) is 31.4 Å². The molecule has 42 heavy (non-hydrogen) atoms. The Labute approximate surface area is 249 Å². The van der Waals surface area contributed by atoms with Crippen LogP contribution in [0.25, 0.3) is 0 Å². The third kappa shape index (κ3) is 8.84. The van der Waals surface area contributed by atoms with E-state index in [-0.39, 0.29) is 54.5 Å². The zero-order chi connectivity index (χ0) is 31.2. The molecule has 0 aromatic carbocycles. The number of oxazole rings is 1. The molecule has 0 radical (unpaired) electrons. The number of esters is 1. The molecule has 0 saturated carbocycles. The first kappa shape index (κ1) is 33.2. The Balaban J connectivity index is 1.98. The van der Waals surface area contributed by atoms with Gasteiger partial charge < -0.3 is 24.5 Å². The third-order valence-electron chi connectivity index (χ3n) is 7.33. The van der Waals surface area contributed by atoms with Crippen molar-refractivity contribution < 1.29 is 33.4 Å². The lowest BCUT2D eigenvalue weighted by Crippen LogP contribution is -2.47. The van der Waals surface area contributed by atoms with Gasteiger partial charge in [-0.1, -0.05) is 70.3 Å². The van der Waals surface area contributed by atoms with Crippen molar-refractivity contribution in [3.63, 3.8) is 0 Å². The van der Waals surface area contributed by atoms with Gasteiger partial charge in [-0.25, -0.2) is 9.78 Å². The zero-order valence-electron chi connectivity index (χ0n) is 25.8. The quantitative estimate of drug-likeness (QED) is 0.391. The summed E-state index contributed by atoms with van der Waals surface area (Å²) < 4.78 is 12.0. The molecule has 11 heteroatoms. The van der Waals surface area contributed by atoms with Crippen LogP contribution in [0.15, 0.2) is 40.4 Å². The molecule has 1 fully saturated rings. The number of ketones is 1. The van der Waals surface area contributed by atoms with Crippen molar-refractivity contribution in [1.29, 1.82) is 0 Å². The molecule has 230 valence electrons. The first-order valence-corrected chi connectivity index (χ1v) is 18.2. The summed E-state index contributed by atoms with van der Waals surface area (Å²) in [6, 6.07) is -0.770. The maximum absolute atomic E-state index is 13.9. The molecule has 2 aliphatic rings. The Morgan fingerprint density at radius 3 is 2.52 bits per heavy atom. The minimum Gasteiger partial charge on any atom is -0.460 e. The number of rotatable bonds is 2. The molecule has 3 heterocycles. The second-order valence-electron chi connectivity index (χ2n) is 12.6. The molecule has 2 aliphatic heterocycles. The number of fused-ring (bicyclic) bond motifs is 3. The standard InChI is InChI=1S/C31H45N3O7Si/c1-19(2)28-21(4)12-13-25(37)32-14-8-10-20(3)16-22(35)17-23(36)18-26-33-27(31(40-26)42(5,6)7)29(38)34-15-9-11-24(34)30(39)41-28/h8,10,12-13,16,19,21-22,24,28,35H,9,11,14-15,17-18H2,1-7H3,(H,32,37)/b10-8?,13-12+,20-16?. The van der Waals surface area contributed by atoms with Crippen molar-refractivity contribution in [3.8, 4) is 0 Å². The van der Waals surface area contributed by atoms with Crippen LogP contribution in [0.1, 0.15) is 63.3 Å². The molecule has 1 aromatic rings. The van der Waals surface area contributed by atoms with E-state index in [1.807, 2.05) is 40.4 Å². The van der Waals surface area contributed by atoms with Crippen molar-refractivity contribution in [2.45, 2.75) is 91.3 Å². The highest BCUT2D eigenvalue weighted by atomic mass is 28.3. The normalized spacial score (nSPS) is 26.5. The molecule has 4 unspecified atom stereocenters. The fraction of sp³-hybridized carbons (Fsp3) is 0.581. The Morgan fingerprint density at radius 2 is 1.86 bits per heavy atom. The number of carbonyl (C=O) groups excluding carboxylic acids is 4. The topological polar surface area (TPSA) is 139 Å². The van der Waals surface area contributed by atoms with Crippen molar-refractivity contribution in [1.82, 2.24) is 15.2 Å². The fourth-order valence-electron chi connectivity index (χ4n) is 5.25. The van der Waals surface area contributed by atoms with Gasteiger partial charge in [-0.15, -0.1) is 0 Å². The average molecular weight is 600 g/mol. The highest BCUT2D eigenvalue weighted by Gasteiger charge is 2.41. The Bertz CT molecular complexity index is 1260. The van der Waals surface area contributed by atoms with Crippen LogP contribution in [-0.4, -0.2) is 78.0 Å². The number of hydrogen-bond donors (Lipinski definition) is 2. The number of amides is 2. The molecular weight excluding hydrogens is 554 g/mol. The predicted octanol–water partition coefficient (Wildman–Crippen LogP) is 3.08. The van der Waals surface area contributed by atoms with Gasteiger partial charge in [-0.3, -0.25) is 14.4 Å². The van der Waals surface area contributed by atoms with E-state index in [4.69, 9.17) is 9.15 Å². The van der Waals surface area contributed by atoms with Crippen molar-refractivity contribution in [3.05, 3.63) is 47.5 Å². The number of aromatic nitrogens is 1. The molecule has 10 nitrogen and oxygen atoms in total. The molecule has 0 aliphatic carbocycles. The van der Waals surface area contributed by atoms with Crippen LogP contribution in [0.4, 0.5) is 0 Å². The SMILES string of the molecule is CC1=CC(O)CC(=O)Cc2nc(c([Si](C)(C)C)o2)C(=O)N2CCCC2C(=O)OC(C(C)C)C(C)/C=C/C(=O)NCC=C1. The number of aliphatic hydroxyl groups is 1. The lowest BCUT2D eigenvalue weighted by Gasteiger charge is -2.29. The Morgan fingerprint density at radius 1 is 1.14 bits per heavy atom. The first-order valence-electron chi connectivity index (χ1n) is 14.7. The number of cyclic esters (lactones) is 1. The summed E-state index contributed by atoms with van der Waals surface area (Å²) >= 11 is 0. The second kappa shape index (κ2) is 14.2. The highest BCUT2D eigenvalue weighted by Crippen LogP contribution is 2.25. The van der Waals surface area contributed by atoms with Crippen LogP contribution in [-0.2, 0) is 25.5 Å². The summed E-state index contributed by atoms with van der Waals surface area (Å²) in [6.07, 6.45) is 7.51. The molecule has 1 saturated heterocycles. The van der Waals surface area contributed by atoms with Gasteiger partial charge in [0.25, 0.3) is 5.91 Å². The first-order chi connectivity index (χ1) is 19.7. The molecule has 4 atom stereocenters. The highest BCUT2D eigenvalue weighted by molar-refractivity contribution is 6.88. The third-order valence-corrected chi connectivity index (χ3v) is 9.04. The molecule has 2 amide bonds. The van der Waals surface area contributed by atoms with Gasteiger partial charge in [-0.2, -0.15) is 0 Å². The Kier molecular flexibility index (Phi) is 11.3. The summed E-state index contributed by atoms with van der Waals surface area (Å²) in [5.74, 6) is -1.62. The smallest absolute Gasteiger partial charge is 0.329 e. The van der Waals surface area contributed by atoms with Gasteiger partial charge >= 0.3 is 5.97 Å². The molecule has 3 rings (SSSR count). The summed E-state index contributed by atoms with van der Waals surface area (Å²) in [5.41, 5.74) is 0.873.